The first-order chi connectivity index (χ1) is 13.5. The fourth-order valence-corrected chi connectivity index (χ4v) is 3.77. The molecule has 2 aromatic carbocycles. The molecule has 0 aliphatic heterocycles. The van der Waals surface area contributed by atoms with E-state index < -0.39 is 34.2 Å². The van der Waals surface area contributed by atoms with Gasteiger partial charge < -0.3 is 14.2 Å². The summed E-state index contributed by atoms with van der Waals surface area (Å²) < 4.78 is 81.3. The highest BCUT2D eigenvalue weighted by Crippen LogP contribution is 2.35. The SMILES string of the molecule is COC(=O)Cc1cc(OC)c(OC)cc1S(=O)(=O)Nc1cccc(C(F)(F)F)c1. The van der Waals surface area contributed by atoms with E-state index in [0.29, 0.717) is 6.07 Å². The van der Waals surface area contributed by atoms with Crippen molar-refractivity contribution < 1.29 is 40.6 Å². The second-order valence-electron chi connectivity index (χ2n) is 5.75. The fraction of sp³-hybridized carbons (Fsp3) is 0.278. The third-order valence-corrected chi connectivity index (χ3v) is 5.32. The number of nitrogens with one attached hydrogen (secondary N) is 1. The van der Waals surface area contributed by atoms with Crippen LogP contribution in [0, 0.1) is 0 Å². The van der Waals surface area contributed by atoms with Crippen molar-refractivity contribution >= 4 is 21.7 Å². The zero-order chi connectivity index (χ0) is 21.8. The summed E-state index contributed by atoms with van der Waals surface area (Å²) in [6, 6.07) is 6.14. The van der Waals surface area contributed by atoms with Crippen LogP contribution in [0.4, 0.5) is 18.9 Å². The number of hydrogen-bond donors (Lipinski definition) is 1. The third kappa shape index (κ3) is 5.31. The average Bonchev–Trinajstić information content (AvgIpc) is 2.66. The van der Waals surface area contributed by atoms with Crippen LogP contribution in [0.3, 0.4) is 0 Å². The maximum atomic E-state index is 12.9. The lowest BCUT2D eigenvalue weighted by molar-refractivity contribution is -0.140. The lowest BCUT2D eigenvalue weighted by Gasteiger charge is -2.16. The van der Waals surface area contributed by atoms with Crippen LogP contribution in [-0.2, 0) is 32.2 Å². The minimum absolute atomic E-state index is 0.0222. The minimum atomic E-state index is -4.64. The van der Waals surface area contributed by atoms with Crippen LogP contribution >= 0.6 is 0 Å². The lowest BCUT2D eigenvalue weighted by atomic mass is 10.1. The maximum absolute atomic E-state index is 12.9. The molecule has 0 heterocycles. The zero-order valence-electron chi connectivity index (χ0n) is 15.7. The van der Waals surface area contributed by atoms with Crippen LogP contribution in [0.2, 0.25) is 0 Å². The number of carbonyl (C=O) groups excluding carboxylic acids is 1. The van der Waals surface area contributed by atoms with Gasteiger partial charge in [0.15, 0.2) is 11.5 Å². The Bertz CT molecular complexity index is 1010. The van der Waals surface area contributed by atoms with Crippen molar-refractivity contribution in [1.82, 2.24) is 0 Å². The minimum Gasteiger partial charge on any atom is -0.493 e. The van der Waals surface area contributed by atoms with Gasteiger partial charge in [0.25, 0.3) is 10.0 Å². The van der Waals surface area contributed by atoms with Crippen molar-refractivity contribution in [3.8, 4) is 11.5 Å². The van der Waals surface area contributed by atoms with Crippen molar-refractivity contribution in [2.45, 2.75) is 17.5 Å². The Morgan fingerprint density at radius 2 is 1.66 bits per heavy atom. The number of rotatable bonds is 7. The topological polar surface area (TPSA) is 90.9 Å². The van der Waals surface area contributed by atoms with E-state index in [4.69, 9.17) is 9.47 Å². The van der Waals surface area contributed by atoms with Crippen molar-refractivity contribution in [2.24, 2.45) is 0 Å². The van der Waals surface area contributed by atoms with Crippen LogP contribution in [0.25, 0.3) is 0 Å². The Morgan fingerprint density at radius 1 is 1.03 bits per heavy atom. The largest absolute Gasteiger partial charge is 0.493 e. The van der Waals surface area contributed by atoms with Crippen molar-refractivity contribution in [1.29, 1.82) is 0 Å². The molecule has 0 saturated carbocycles. The van der Waals surface area contributed by atoms with Gasteiger partial charge in [0.1, 0.15) is 0 Å². The molecule has 0 fully saturated rings. The second-order valence-corrected chi connectivity index (χ2v) is 7.40. The van der Waals surface area contributed by atoms with E-state index in [1.54, 1.807) is 0 Å². The number of alkyl halides is 3. The van der Waals surface area contributed by atoms with E-state index in [-0.39, 0.29) is 27.6 Å². The van der Waals surface area contributed by atoms with Crippen LogP contribution < -0.4 is 14.2 Å². The molecule has 158 valence electrons. The molecular formula is C18H18F3NO6S. The number of hydrogen-bond acceptors (Lipinski definition) is 6. The third-order valence-electron chi connectivity index (χ3n) is 3.86. The summed E-state index contributed by atoms with van der Waals surface area (Å²) in [6.45, 7) is 0. The molecule has 11 heteroatoms. The van der Waals surface area contributed by atoms with E-state index in [1.165, 1.54) is 26.4 Å². The molecule has 0 bridgehead atoms. The summed E-state index contributed by atoms with van der Waals surface area (Å²) in [5, 5.41) is 0. The summed E-state index contributed by atoms with van der Waals surface area (Å²) in [7, 11) is -0.627. The summed E-state index contributed by atoms with van der Waals surface area (Å²) in [4.78, 5) is 11.3. The van der Waals surface area contributed by atoms with Gasteiger partial charge in [-0.2, -0.15) is 13.2 Å². The molecule has 7 nitrogen and oxygen atoms in total. The average molecular weight is 433 g/mol. The van der Waals surface area contributed by atoms with Crippen LogP contribution in [0.5, 0.6) is 11.5 Å². The molecular weight excluding hydrogens is 415 g/mol. The van der Waals surface area contributed by atoms with Crippen LogP contribution in [0.1, 0.15) is 11.1 Å². The number of esters is 1. The highest BCUT2D eigenvalue weighted by molar-refractivity contribution is 7.92. The summed E-state index contributed by atoms with van der Waals surface area (Å²) >= 11 is 0. The predicted molar refractivity (Wildman–Crippen MR) is 97.5 cm³/mol. The maximum Gasteiger partial charge on any atom is 0.416 e. The number of halogens is 3. The quantitative estimate of drug-likeness (QED) is 0.675. The van der Waals surface area contributed by atoms with Crippen molar-refractivity contribution in [2.75, 3.05) is 26.1 Å². The summed E-state index contributed by atoms with van der Waals surface area (Å²) in [6.07, 6.45) is -5.05. The Morgan fingerprint density at radius 3 is 2.21 bits per heavy atom. The van der Waals surface area contributed by atoms with Crippen molar-refractivity contribution in [3.63, 3.8) is 0 Å². The number of sulfonamides is 1. The first-order valence-electron chi connectivity index (χ1n) is 8.03. The van der Waals surface area contributed by atoms with Crippen molar-refractivity contribution in [3.05, 3.63) is 47.5 Å². The molecule has 0 aliphatic rings. The van der Waals surface area contributed by atoms with E-state index in [1.807, 2.05) is 0 Å². The Kier molecular flexibility index (Phi) is 6.62. The molecule has 0 spiro atoms. The molecule has 0 saturated heterocycles. The van der Waals surface area contributed by atoms with Gasteiger partial charge in [-0.1, -0.05) is 6.07 Å². The first-order valence-corrected chi connectivity index (χ1v) is 9.52. The monoisotopic (exact) mass is 433 g/mol. The standard InChI is InChI=1S/C18H18F3NO6S/c1-26-14-7-11(8-17(23)28-3)16(10-15(14)27-2)29(24,25)22-13-6-4-5-12(9-13)18(19,20)21/h4-7,9-10,22H,8H2,1-3H3. The predicted octanol–water partition coefficient (Wildman–Crippen LogP) is 3.24. The number of anilines is 1. The van der Waals surface area contributed by atoms with Gasteiger partial charge in [-0.05, 0) is 29.8 Å². The molecule has 0 amide bonds. The smallest absolute Gasteiger partial charge is 0.416 e. The van der Waals surface area contributed by atoms with Crippen LogP contribution in [0.15, 0.2) is 41.3 Å². The van der Waals surface area contributed by atoms with Gasteiger partial charge in [0.2, 0.25) is 0 Å². The molecule has 0 unspecified atom stereocenters. The molecule has 2 aromatic rings. The number of benzene rings is 2. The fourth-order valence-electron chi connectivity index (χ4n) is 2.49. The van der Waals surface area contributed by atoms with Gasteiger partial charge >= 0.3 is 12.1 Å². The number of carbonyl (C=O) groups is 1. The van der Waals surface area contributed by atoms with Gasteiger partial charge in [-0.3, -0.25) is 9.52 Å². The zero-order valence-corrected chi connectivity index (χ0v) is 16.5. The van der Waals surface area contributed by atoms with E-state index in [9.17, 15) is 26.4 Å². The molecule has 0 aromatic heterocycles. The molecule has 0 atom stereocenters. The van der Waals surface area contributed by atoms with Gasteiger partial charge in [0.05, 0.1) is 38.2 Å². The highest BCUT2D eigenvalue weighted by atomic mass is 32.2. The Labute approximate surface area is 165 Å². The van der Waals surface area contributed by atoms with Gasteiger partial charge in [-0.15, -0.1) is 0 Å². The Balaban J connectivity index is 2.54. The number of ether oxygens (including phenoxy) is 3. The van der Waals surface area contributed by atoms with E-state index >= 15 is 0 Å². The summed E-state index contributed by atoms with van der Waals surface area (Å²) in [5.74, 6) is -0.484. The van der Waals surface area contributed by atoms with E-state index in [2.05, 4.69) is 9.46 Å². The number of methoxy groups -OCH3 is 3. The normalized spacial score (nSPS) is 11.7. The Hall–Kier alpha value is -2.95. The molecule has 2 rings (SSSR count). The molecule has 1 N–H and O–H groups in total. The van der Waals surface area contributed by atoms with Gasteiger partial charge in [-0.25, -0.2) is 8.42 Å². The lowest BCUT2D eigenvalue weighted by Crippen LogP contribution is -2.18. The summed E-state index contributed by atoms with van der Waals surface area (Å²) in [5.41, 5.74) is -1.28. The first kappa shape index (κ1) is 22.3. The van der Waals surface area contributed by atoms with E-state index in [0.717, 1.165) is 25.3 Å². The second kappa shape index (κ2) is 8.60. The molecule has 0 aliphatic carbocycles. The van der Waals surface area contributed by atoms with Crippen LogP contribution in [-0.4, -0.2) is 35.7 Å². The molecule has 0 radical (unpaired) electrons. The molecule has 29 heavy (non-hydrogen) atoms. The highest BCUT2D eigenvalue weighted by Gasteiger charge is 2.31. The van der Waals surface area contributed by atoms with Gasteiger partial charge in [0, 0.05) is 11.8 Å².